The molecular formula is C9H22N2O3. The maximum absolute atomic E-state index is 9.76. The van der Waals surface area contributed by atoms with E-state index in [1.54, 1.807) is 0 Å². The van der Waals surface area contributed by atoms with Gasteiger partial charge in [0.1, 0.15) is 0 Å². The van der Waals surface area contributed by atoms with E-state index in [1.807, 2.05) is 0 Å². The third-order valence-electron chi connectivity index (χ3n) is 1.94. The molecule has 0 amide bonds. The third-order valence-corrected chi connectivity index (χ3v) is 1.94. The van der Waals surface area contributed by atoms with Crippen LogP contribution in [0.25, 0.3) is 0 Å². The van der Waals surface area contributed by atoms with Crippen LogP contribution in [0.5, 0.6) is 0 Å². The average Bonchev–Trinajstić information content (AvgIpc) is 2.09. The second-order valence-corrected chi connectivity index (χ2v) is 3.18. The lowest BCUT2D eigenvalue weighted by Gasteiger charge is -1.99. The van der Waals surface area contributed by atoms with Crippen molar-refractivity contribution in [3.63, 3.8) is 0 Å². The highest BCUT2D eigenvalue weighted by Gasteiger charge is 1.94. The molecule has 3 N–H and O–H groups in total. The Morgan fingerprint density at radius 1 is 1.07 bits per heavy atom. The van der Waals surface area contributed by atoms with Gasteiger partial charge in [-0.2, -0.15) is 0 Å². The Morgan fingerprint density at radius 3 is 2.07 bits per heavy atom. The third kappa shape index (κ3) is 13.7. The standard InChI is InChI=1S/C9H19NO3.H3N/c1-2-3-4-5-6-7-8-9-13-10(11)12;/h2-9H2,1H3;1H3. The molecule has 0 aliphatic rings. The predicted molar refractivity (Wildman–Crippen MR) is 56.0 cm³/mol. The monoisotopic (exact) mass is 206 g/mol. The molecule has 0 aliphatic heterocycles. The molecule has 5 nitrogen and oxygen atoms in total. The van der Waals surface area contributed by atoms with Crippen LogP contribution in [-0.2, 0) is 4.84 Å². The fourth-order valence-electron chi connectivity index (χ4n) is 1.20. The highest BCUT2D eigenvalue weighted by molar-refractivity contribution is 4.43. The fourth-order valence-corrected chi connectivity index (χ4v) is 1.20. The van der Waals surface area contributed by atoms with E-state index in [-0.39, 0.29) is 12.8 Å². The molecule has 0 fully saturated rings. The highest BCUT2D eigenvalue weighted by Crippen LogP contribution is 2.06. The summed E-state index contributed by atoms with van der Waals surface area (Å²) in [7, 11) is 0. The molecule has 0 aliphatic carbocycles. The zero-order chi connectivity index (χ0) is 9.94. The number of hydrogen-bond donors (Lipinski definition) is 1. The summed E-state index contributed by atoms with van der Waals surface area (Å²) in [6.07, 6.45) is 8.08. The number of hydrogen-bond acceptors (Lipinski definition) is 4. The molecule has 0 spiro atoms. The summed E-state index contributed by atoms with van der Waals surface area (Å²) in [5, 5.41) is 9.03. The fraction of sp³-hybridized carbons (Fsp3) is 1.00. The van der Waals surface area contributed by atoms with E-state index >= 15 is 0 Å². The minimum Gasteiger partial charge on any atom is -0.344 e. The van der Waals surface area contributed by atoms with Gasteiger partial charge in [0.25, 0.3) is 5.09 Å². The lowest BCUT2D eigenvalue weighted by atomic mass is 10.1. The first-order valence-electron chi connectivity index (χ1n) is 5.04. The van der Waals surface area contributed by atoms with Crippen molar-refractivity contribution in [2.45, 2.75) is 51.9 Å². The van der Waals surface area contributed by atoms with Crippen molar-refractivity contribution in [3.05, 3.63) is 10.1 Å². The Bertz CT molecular complexity index is 131. The van der Waals surface area contributed by atoms with Crippen molar-refractivity contribution in [3.8, 4) is 0 Å². The molecule has 0 atom stereocenters. The van der Waals surface area contributed by atoms with Crippen LogP contribution in [-0.4, -0.2) is 11.7 Å². The zero-order valence-electron chi connectivity index (χ0n) is 9.04. The minimum absolute atomic E-state index is 0. The van der Waals surface area contributed by atoms with Crippen LogP contribution in [0.1, 0.15) is 51.9 Å². The molecule has 0 saturated carbocycles. The smallest absolute Gasteiger partial charge is 0.294 e. The molecular weight excluding hydrogens is 184 g/mol. The number of unbranched alkanes of at least 4 members (excludes halogenated alkanes) is 6. The molecule has 0 heterocycles. The SMILES string of the molecule is CCCCCCCCCO[N+](=O)[O-].N. The summed E-state index contributed by atoms with van der Waals surface area (Å²) in [6.45, 7) is 2.44. The molecule has 86 valence electrons. The van der Waals surface area contributed by atoms with Gasteiger partial charge in [0.15, 0.2) is 0 Å². The van der Waals surface area contributed by atoms with Crippen molar-refractivity contribution in [1.29, 1.82) is 0 Å². The highest BCUT2D eigenvalue weighted by atomic mass is 16.9. The van der Waals surface area contributed by atoms with Crippen LogP contribution >= 0.6 is 0 Å². The summed E-state index contributed by atoms with van der Waals surface area (Å²) < 4.78 is 0. The van der Waals surface area contributed by atoms with Crippen molar-refractivity contribution >= 4 is 0 Å². The lowest BCUT2D eigenvalue weighted by Crippen LogP contribution is -2.01. The van der Waals surface area contributed by atoms with Gasteiger partial charge in [-0.05, 0) is 6.42 Å². The molecule has 0 saturated heterocycles. The molecule has 0 rings (SSSR count). The van der Waals surface area contributed by atoms with Crippen LogP contribution in [0.4, 0.5) is 0 Å². The maximum atomic E-state index is 9.76. The first kappa shape index (κ1) is 15.6. The van der Waals surface area contributed by atoms with Crippen molar-refractivity contribution in [1.82, 2.24) is 6.15 Å². The van der Waals surface area contributed by atoms with Gasteiger partial charge in [0.05, 0.1) is 6.61 Å². The summed E-state index contributed by atoms with van der Waals surface area (Å²) >= 11 is 0. The van der Waals surface area contributed by atoms with E-state index in [1.165, 1.54) is 32.1 Å². The summed E-state index contributed by atoms with van der Waals surface area (Å²) in [6, 6.07) is 0. The predicted octanol–water partition coefficient (Wildman–Crippen LogP) is 3.11. The van der Waals surface area contributed by atoms with Crippen molar-refractivity contribution in [2.75, 3.05) is 6.61 Å². The van der Waals surface area contributed by atoms with Crippen LogP contribution in [0.3, 0.4) is 0 Å². The van der Waals surface area contributed by atoms with Crippen LogP contribution in [0, 0.1) is 10.1 Å². The van der Waals surface area contributed by atoms with Gasteiger partial charge in [-0.25, -0.2) is 0 Å². The first-order valence-corrected chi connectivity index (χ1v) is 5.04. The van der Waals surface area contributed by atoms with E-state index in [0.29, 0.717) is 0 Å². The Morgan fingerprint density at radius 2 is 1.57 bits per heavy atom. The Hall–Kier alpha value is -0.840. The van der Waals surface area contributed by atoms with Gasteiger partial charge in [-0.3, -0.25) is 0 Å². The molecule has 14 heavy (non-hydrogen) atoms. The largest absolute Gasteiger partial charge is 0.344 e. The van der Waals surface area contributed by atoms with Gasteiger partial charge in [0, 0.05) is 0 Å². The number of rotatable bonds is 9. The molecule has 0 unspecified atom stereocenters. The van der Waals surface area contributed by atoms with Crippen LogP contribution < -0.4 is 6.15 Å². The quantitative estimate of drug-likeness (QED) is 0.356. The van der Waals surface area contributed by atoms with Gasteiger partial charge in [0.2, 0.25) is 0 Å². The normalized spacial score (nSPS) is 9.21. The van der Waals surface area contributed by atoms with E-state index in [2.05, 4.69) is 11.8 Å². The number of nitrogens with zero attached hydrogens (tertiary/aromatic N) is 1. The zero-order valence-corrected chi connectivity index (χ0v) is 9.04. The molecule has 0 bridgehead atoms. The van der Waals surface area contributed by atoms with E-state index in [0.717, 1.165) is 12.8 Å². The molecule has 0 aromatic carbocycles. The van der Waals surface area contributed by atoms with Crippen LogP contribution in [0.15, 0.2) is 0 Å². The Kier molecular flexibility index (Phi) is 13.6. The van der Waals surface area contributed by atoms with Gasteiger partial charge >= 0.3 is 0 Å². The average molecular weight is 206 g/mol. The molecule has 0 radical (unpaired) electrons. The summed E-state index contributed by atoms with van der Waals surface area (Å²) in [5.41, 5.74) is 0. The molecule has 5 heteroatoms. The van der Waals surface area contributed by atoms with Crippen molar-refractivity contribution in [2.24, 2.45) is 0 Å². The first-order chi connectivity index (χ1) is 6.27. The van der Waals surface area contributed by atoms with Gasteiger partial charge in [-0.15, -0.1) is 10.1 Å². The van der Waals surface area contributed by atoms with Crippen LogP contribution in [0.2, 0.25) is 0 Å². The lowest BCUT2D eigenvalue weighted by molar-refractivity contribution is -0.757. The van der Waals surface area contributed by atoms with Gasteiger partial charge < -0.3 is 11.0 Å². The molecule has 0 aromatic heterocycles. The van der Waals surface area contributed by atoms with E-state index in [4.69, 9.17) is 0 Å². The maximum Gasteiger partial charge on any atom is 0.294 e. The Balaban J connectivity index is 0. The Labute approximate surface area is 85.5 Å². The second kappa shape index (κ2) is 12.2. The molecule has 0 aromatic rings. The van der Waals surface area contributed by atoms with Crippen molar-refractivity contribution < 1.29 is 9.92 Å². The van der Waals surface area contributed by atoms with E-state index < -0.39 is 5.09 Å². The van der Waals surface area contributed by atoms with Gasteiger partial charge in [-0.1, -0.05) is 45.4 Å². The second-order valence-electron chi connectivity index (χ2n) is 3.18. The summed E-state index contributed by atoms with van der Waals surface area (Å²) in [5.74, 6) is 0. The van der Waals surface area contributed by atoms with E-state index in [9.17, 15) is 10.1 Å². The minimum atomic E-state index is -0.725. The topological polar surface area (TPSA) is 87.4 Å². The summed E-state index contributed by atoms with van der Waals surface area (Å²) in [4.78, 5) is 13.9.